The summed E-state index contributed by atoms with van der Waals surface area (Å²) in [6, 6.07) is 6.83. The van der Waals surface area contributed by atoms with Gasteiger partial charge in [-0.2, -0.15) is 5.26 Å². The summed E-state index contributed by atoms with van der Waals surface area (Å²) >= 11 is 6.03. The van der Waals surface area contributed by atoms with E-state index in [0.717, 1.165) is 0 Å². The fourth-order valence-electron chi connectivity index (χ4n) is 1.43. The number of carbonyl (C=O) groups is 1. The van der Waals surface area contributed by atoms with Crippen LogP contribution in [0.15, 0.2) is 30.6 Å². The van der Waals surface area contributed by atoms with Crippen molar-refractivity contribution in [1.29, 1.82) is 5.26 Å². The molecule has 0 fully saturated rings. The maximum Gasteiger partial charge on any atom is 0.358 e. The predicted molar refractivity (Wildman–Crippen MR) is 72.8 cm³/mol. The minimum absolute atomic E-state index is 0.115. The number of anilines is 2. The van der Waals surface area contributed by atoms with Crippen LogP contribution in [0.1, 0.15) is 16.1 Å². The van der Waals surface area contributed by atoms with Gasteiger partial charge in [-0.15, -0.1) is 0 Å². The number of halogens is 1. The molecule has 0 amide bonds. The largest absolute Gasteiger partial charge is 0.464 e. The number of carbonyl (C=O) groups excluding carboxylic acids is 1. The summed E-state index contributed by atoms with van der Waals surface area (Å²) in [6.45, 7) is 0. The molecule has 20 heavy (non-hydrogen) atoms. The highest BCUT2D eigenvalue weighted by Gasteiger charge is 2.08. The molecule has 0 spiro atoms. The Morgan fingerprint density at radius 1 is 1.40 bits per heavy atom. The summed E-state index contributed by atoms with van der Waals surface area (Å²) in [5.74, 6) is -0.135. The third kappa shape index (κ3) is 3.02. The number of benzene rings is 1. The quantitative estimate of drug-likeness (QED) is 0.873. The van der Waals surface area contributed by atoms with Gasteiger partial charge in [0.25, 0.3) is 0 Å². The number of nitrogens with one attached hydrogen (secondary N) is 1. The van der Waals surface area contributed by atoms with E-state index in [0.29, 0.717) is 22.1 Å². The predicted octanol–water partition coefficient (Wildman–Crippen LogP) is 2.53. The molecule has 100 valence electrons. The number of nitriles is 1. The van der Waals surface area contributed by atoms with Crippen LogP contribution in [0.2, 0.25) is 5.02 Å². The highest BCUT2D eigenvalue weighted by Crippen LogP contribution is 2.25. The van der Waals surface area contributed by atoms with Gasteiger partial charge in [0.05, 0.1) is 41.8 Å². The van der Waals surface area contributed by atoms with E-state index in [1.807, 2.05) is 6.07 Å². The Morgan fingerprint density at radius 3 is 2.75 bits per heavy atom. The van der Waals surface area contributed by atoms with Gasteiger partial charge in [-0.05, 0) is 18.2 Å². The van der Waals surface area contributed by atoms with Crippen molar-refractivity contribution in [3.8, 4) is 6.07 Å². The molecular formula is C13H9ClN4O2. The average Bonchev–Trinajstić information content (AvgIpc) is 2.49. The molecular weight excluding hydrogens is 280 g/mol. The van der Waals surface area contributed by atoms with E-state index in [1.54, 1.807) is 18.2 Å². The molecule has 0 aliphatic heterocycles. The minimum atomic E-state index is -0.555. The van der Waals surface area contributed by atoms with Gasteiger partial charge in [-0.3, -0.25) is 0 Å². The fourth-order valence-corrected chi connectivity index (χ4v) is 1.65. The molecule has 2 rings (SSSR count). The topological polar surface area (TPSA) is 87.9 Å². The number of nitrogens with zero attached hydrogens (tertiary/aromatic N) is 3. The number of hydrogen-bond acceptors (Lipinski definition) is 6. The Balaban J connectivity index is 2.18. The van der Waals surface area contributed by atoms with E-state index in [9.17, 15) is 4.79 Å². The van der Waals surface area contributed by atoms with Gasteiger partial charge in [-0.1, -0.05) is 11.6 Å². The number of aromatic nitrogens is 2. The lowest BCUT2D eigenvalue weighted by molar-refractivity contribution is 0.0593. The van der Waals surface area contributed by atoms with Crippen LogP contribution in [0, 0.1) is 11.3 Å². The van der Waals surface area contributed by atoms with Crippen molar-refractivity contribution in [3.63, 3.8) is 0 Å². The highest BCUT2D eigenvalue weighted by atomic mass is 35.5. The van der Waals surface area contributed by atoms with E-state index < -0.39 is 5.97 Å². The molecule has 1 aromatic carbocycles. The van der Waals surface area contributed by atoms with Crippen molar-refractivity contribution >= 4 is 29.1 Å². The molecule has 1 aromatic heterocycles. The lowest BCUT2D eigenvalue weighted by atomic mass is 10.2. The summed E-state index contributed by atoms with van der Waals surface area (Å²) in [5, 5.41) is 12.1. The van der Waals surface area contributed by atoms with Crippen LogP contribution >= 0.6 is 11.6 Å². The smallest absolute Gasteiger partial charge is 0.358 e. The van der Waals surface area contributed by atoms with E-state index in [-0.39, 0.29) is 5.69 Å². The number of hydrogen-bond donors (Lipinski definition) is 1. The Kier molecular flexibility index (Phi) is 4.13. The third-order valence-electron chi connectivity index (χ3n) is 2.41. The van der Waals surface area contributed by atoms with Crippen molar-refractivity contribution in [3.05, 3.63) is 46.9 Å². The number of ether oxygens (including phenoxy) is 1. The molecule has 0 radical (unpaired) electrons. The molecule has 7 heteroatoms. The zero-order chi connectivity index (χ0) is 14.5. The first-order chi connectivity index (χ1) is 9.63. The zero-order valence-corrected chi connectivity index (χ0v) is 11.2. The third-order valence-corrected chi connectivity index (χ3v) is 2.72. The molecule has 6 nitrogen and oxygen atoms in total. The average molecular weight is 289 g/mol. The standard InChI is InChI=1S/C13H9ClN4O2/c1-20-13(19)11-6-17-12(7-16-11)18-10-3-2-8(5-15)4-9(10)14/h2-4,6-7H,1H3,(H,17,18). The fraction of sp³-hybridized carbons (Fsp3) is 0.0769. The van der Waals surface area contributed by atoms with Gasteiger partial charge in [0, 0.05) is 0 Å². The lowest BCUT2D eigenvalue weighted by Crippen LogP contribution is -2.05. The second kappa shape index (κ2) is 5.99. The van der Waals surface area contributed by atoms with E-state index in [4.69, 9.17) is 16.9 Å². The van der Waals surface area contributed by atoms with E-state index >= 15 is 0 Å². The maximum absolute atomic E-state index is 11.2. The molecule has 1 heterocycles. The van der Waals surface area contributed by atoms with Crippen LogP contribution in [0.25, 0.3) is 0 Å². The molecule has 0 saturated heterocycles. The number of esters is 1. The summed E-state index contributed by atoms with van der Waals surface area (Å²) in [5.41, 5.74) is 1.17. The monoisotopic (exact) mass is 288 g/mol. The van der Waals surface area contributed by atoms with Crippen LogP contribution in [0.5, 0.6) is 0 Å². The number of rotatable bonds is 3. The van der Waals surface area contributed by atoms with Crippen LogP contribution in [0.4, 0.5) is 11.5 Å². The molecule has 0 aliphatic carbocycles. The first kappa shape index (κ1) is 13.8. The lowest BCUT2D eigenvalue weighted by Gasteiger charge is -2.07. The van der Waals surface area contributed by atoms with Crippen LogP contribution < -0.4 is 5.32 Å². The van der Waals surface area contributed by atoms with Crippen molar-refractivity contribution in [2.24, 2.45) is 0 Å². The highest BCUT2D eigenvalue weighted by molar-refractivity contribution is 6.33. The molecule has 2 aromatic rings. The first-order valence-corrected chi connectivity index (χ1v) is 5.89. The summed E-state index contributed by atoms with van der Waals surface area (Å²) in [6.07, 6.45) is 2.69. The van der Waals surface area contributed by atoms with Gasteiger partial charge >= 0.3 is 5.97 Å². The van der Waals surface area contributed by atoms with Crippen molar-refractivity contribution in [2.45, 2.75) is 0 Å². The molecule has 0 atom stereocenters. The second-order valence-corrected chi connectivity index (χ2v) is 4.12. The van der Waals surface area contributed by atoms with Crippen molar-refractivity contribution in [2.75, 3.05) is 12.4 Å². The van der Waals surface area contributed by atoms with Gasteiger partial charge in [0.2, 0.25) is 0 Å². The number of methoxy groups -OCH3 is 1. The molecule has 1 N–H and O–H groups in total. The zero-order valence-electron chi connectivity index (χ0n) is 10.4. The molecule has 0 bridgehead atoms. The second-order valence-electron chi connectivity index (χ2n) is 3.71. The van der Waals surface area contributed by atoms with Gasteiger partial charge in [0.1, 0.15) is 5.82 Å². The summed E-state index contributed by atoms with van der Waals surface area (Å²) < 4.78 is 4.53. The summed E-state index contributed by atoms with van der Waals surface area (Å²) in [7, 11) is 1.27. The Labute approximate surface area is 120 Å². The van der Waals surface area contributed by atoms with Gasteiger partial charge in [0.15, 0.2) is 5.69 Å². The normalized spacial score (nSPS) is 9.65. The molecule has 0 aliphatic rings. The molecule has 0 unspecified atom stereocenters. The maximum atomic E-state index is 11.2. The van der Waals surface area contributed by atoms with E-state index in [2.05, 4.69) is 20.0 Å². The van der Waals surface area contributed by atoms with E-state index in [1.165, 1.54) is 19.5 Å². The van der Waals surface area contributed by atoms with Crippen molar-refractivity contribution < 1.29 is 9.53 Å². The van der Waals surface area contributed by atoms with Gasteiger partial charge < -0.3 is 10.1 Å². The van der Waals surface area contributed by atoms with Crippen LogP contribution in [-0.2, 0) is 4.74 Å². The Morgan fingerprint density at radius 2 is 2.20 bits per heavy atom. The minimum Gasteiger partial charge on any atom is -0.464 e. The van der Waals surface area contributed by atoms with Crippen molar-refractivity contribution in [1.82, 2.24) is 9.97 Å². The molecule has 0 saturated carbocycles. The Hall–Kier alpha value is -2.65. The Bertz CT molecular complexity index is 680. The first-order valence-electron chi connectivity index (χ1n) is 5.51. The summed E-state index contributed by atoms with van der Waals surface area (Å²) in [4.78, 5) is 19.2. The van der Waals surface area contributed by atoms with Crippen LogP contribution in [-0.4, -0.2) is 23.0 Å². The van der Waals surface area contributed by atoms with Gasteiger partial charge in [-0.25, -0.2) is 14.8 Å². The van der Waals surface area contributed by atoms with Crippen LogP contribution in [0.3, 0.4) is 0 Å². The SMILES string of the molecule is COC(=O)c1cnc(Nc2ccc(C#N)cc2Cl)cn1.